The molecule has 0 heterocycles. The van der Waals surface area contributed by atoms with Gasteiger partial charge in [0.15, 0.2) is 0 Å². The minimum absolute atomic E-state index is 0.142. The zero-order valence-electron chi connectivity index (χ0n) is 18.9. The third-order valence-corrected chi connectivity index (χ3v) is 6.07. The number of benzene rings is 2. The lowest BCUT2D eigenvalue weighted by Gasteiger charge is -2.10. The smallest absolute Gasteiger partial charge is 0.123 e. The van der Waals surface area contributed by atoms with Crippen molar-refractivity contribution < 1.29 is 4.39 Å². The van der Waals surface area contributed by atoms with Crippen LogP contribution in [-0.2, 0) is 6.42 Å². The summed E-state index contributed by atoms with van der Waals surface area (Å²) in [5.41, 5.74) is 6.59. The van der Waals surface area contributed by atoms with Crippen molar-refractivity contribution in [1.82, 2.24) is 0 Å². The molecule has 0 spiro atoms. The first kappa shape index (κ1) is 23.4. The van der Waals surface area contributed by atoms with Crippen LogP contribution in [0.15, 0.2) is 48.5 Å². The van der Waals surface area contributed by atoms with Gasteiger partial charge in [-0.2, -0.15) is 0 Å². The molecule has 0 nitrogen and oxygen atoms in total. The highest BCUT2D eigenvalue weighted by Gasteiger charge is 2.21. The summed E-state index contributed by atoms with van der Waals surface area (Å²) in [5, 5.41) is 0. The van der Waals surface area contributed by atoms with Crippen LogP contribution in [0.25, 0.3) is 11.1 Å². The zero-order valence-corrected chi connectivity index (χ0v) is 18.9. The molecule has 0 bridgehead atoms. The Morgan fingerprint density at radius 3 is 2.38 bits per heavy atom. The Balaban J connectivity index is 0.00000145. The highest BCUT2D eigenvalue weighted by Crippen LogP contribution is 2.41. The number of unbranched alkanes of at least 4 members (excludes halogenated alkanes) is 4. The Morgan fingerprint density at radius 1 is 0.897 bits per heavy atom. The summed E-state index contributed by atoms with van der Waals surface area (Å²) in [6.07, 6.45) is 11.3. The Morgan fingerprint density at radius 2 is 1.62 bits per heavy atom. The highest BCUT2D eigenvalue weighted by atomic mass is 19.1. The number of halogens is 1. The van der Waals surface area contributed by atoms with Gasteiger partial charge < -0.3 is 0 Å². The Bertz CT molecular complexity index is 771. The fourth-order valence-electron chi connectivity index (χ4n) is 4.20. The van der Waals surface area contributed by atoms with Gasteiger partial charge in [0.25, 0.3) is 0 Å². The van der Waals surface area contributed by atoms with Crippen LogP contribution in [0.1, 0.15) is 95.8 Å². The highest BCUT2D eigenvalue weighted by molar-refractivity contribution is 5.97. The SMILES string of the molecule is CC.CCC(C)CCCCCCCC1=C(c2cccc(F)c2)Cc2ccccc21. The van der Waals surface area contributed by atoms with Crippen molar-refractivity contribution in [2.24, 2.45) is 5.92 Å². The van der Waals surface area contributed by atoms with E-state index in [-0.39, 0.29) is 5.82 Å². The maximum atomic E-state index is 13.8. The predicted molar refractivity (Wildman–Crippen MR) is 126 cm³/mol. The first-order valence-corrected chi connectivity index (χ1v) is 11.7. The molecule has 0 N–H and O–H groups in total. The van der Waals surface area contributed by atoms with E-state index < -0.39 is 0 Å². The summed E-state index contributed by atoms with van der Waals surface area (Å²) in [5.74, 6) is 0.732. The van der Waals surface area contributed by atoms with Crippen molar-refractivity contribution in [3.05, 3.63) is 71.0 Å². The van der Waals surface area contributed by atoms with Crippen molar-refractivity contribution in [3.63, 3.8) is 0 Å². The van der Waals surface area contributed by atoms with E-state index in [9.17, 15) is 4.39 Å². The van der Waals surface area contributed by atoms with Crippen LogP contribution in [0.3, 0.4) is 0 Å². The van der Waals surface area contributed by atoms with E-state index in [1.54, 1.807) is 6.07 Å². The maximum Gasteiger partial charge on any atom is 0.123 e. The molecule has 29 heavy (non-hydrogen) atoms. The summed E-state index contributed by atoms with van der Waals surface area (Å²) in [7, 11) is 0. The van der Waals surface area contributed by atoms with Crippen LogP contribution in [0.5, 0.6) is 0 Å². The van der Waals surface area contributed by atoms with Gasteiger partial charge in [0.1, 0.15) is 5.82 Å². The normalized spacial score (nSPS) is 13.7. The second kappa shape index (κ2) is 12.6. The molecule has 1 heteroatoms. The molecular weight excluding hydrogens is 355 g/mol. The van der Waals surface area contributed by atoms with Crippen LogP contribution in [0.2, 0.25) is 0 Å². The lowest BCUT2D eigenvalue weighted by molar-refractivity contribution is 0.473. The molecule has 0 saturated heterocycles. The summed E-state index contributed by atoms with van der Waals surface area (Å²) in [6.45, 7) is 8.64. The quantitative estimate of drug-likeness (QED) is 0.352. The van der Waals surface area contributed by atoms with Crippen LogP contribution in [0.4, 0.5) is 4.39 Å². The molecule has 158 valence electrons. The van der Waals surface area contributed by atoms with E-state index in [4.69, 9.17) is 0 Å². The van der Waals surface area contributed by atoms with Gasteiger partial charge >= 0.3 is 0 Å². The van der Waals surface area contributed by atoms with Crippen LogP contribution >= 0.6 is 0 Å². The van der Waals surface area contributed by atoms with Crippen molar-refractivity contribution in [1.29, 1.82) is 0 Å². The summed E-state index contributed by atoms with van der Waals surface area (Å²) < 4.78 is 13.8. The van der Waals surface area contributed by atoms with Gasteiger partial charge in [0.2, 0.25) is 0 Å². The fourth-order valence-corrected chi connectivity index (χ4v) is 4.20. The van der Waals surface area contributed by atoms with Crippen LogP contribution < -0.4 is 0 Å². The number of rotatable bonds is 10. The van der Waals surface area contributed by atoms with Gasteiger partial charge in [-0.25, -0.2) is 4.39 Å². The van der Waals surface area contributed by atoms with Gasteiger partial charge in [0, 0.05) is 0 Å². The molecule has 1 atom stereocenters. The summed E-state index contributed by atoms with van der Waals surface area (Å²) >= 11 is 0. The van der Waals surface area contributed by atoms with Gasteiger partial charge in [-0.05, 0) is 65.1 Å². The first-order chi connectivity index (χ1) is 14.2. The number of hydrogen-bond acceptors (Lipinski definition) is 0. The average molecular weight is 395 g/mol. The predicted octanol–water partition coefficient (Wildman–Crippen LogP) is 9.10. The monoisotopic (exact) mass is 394 g/mol. The molecule has 1 aliphatic rings. The zero-order chi connectivity index (χ0) is 21.1. The third kappa shape index (κ3) is 6.84. The minimum atomic E-state index is -0.142. The van der Waals surface area contributed by atoms with Crippen molar-refractivity contribution >= 4 is 11.1 Å². The van der Waals surface area contributed by atoms with Crippen molar-refractivity contribution in [2.75, 3.05) is 0 Å². The number of fused-ring (bicyclic) bond motifs is 1. The first-order valence-electron chi connectivity index (χ1n) is 11.7. The Labute approximate surface area is 178 Å². The van der Waals surface area contributed by atoms with E-state index in [0.29, 0.717) is 0 Å². The van der Waals surface area contributed by atoms with Crippen LogP contribution in [-0.4, -0.2) is 0 Å². The van der Waals surface area contributed by atoms with E-state index >= 15 is 0 Å². The fraction of sp³-hybridized carbons (Fsp3) is 0.500. The van der Waals surface area contributed by atoms with E-state index in [1.165, 1.54) is 73.3 Å². The molecule has 0 saturated carbocycles. The molecule has 3 rings (SSSR count). The molecule has 2 aromatic rings. The maximum absolute atomic E-state index is 13.8. The Kier molecular flexibility index (Phi) is 10.2. The minimum Gasteiger partial charge on any atom is -0.207 e. The Hall–Kier alpha value is -1.89. The molecule has 2 aromatic carbocycles. The van der Waals surface area contributed by atoms with Crippen LogP contribution in [0, 0.1) is 11.7 Å². The molecule has 1 unspecified atom stereocenters. The molecule has 0 fully saturated rings. The van der Waals surface area contributed by atoms with E-state index in [1.807, 2.05) is 19.9 Å². The standard InChI is InChI=1S/C26H33F.C2H6/c1-3-20(2)12-7-5-4-6-8-17-25-24-16-10-9-13-22(24)19-26(25)21-14-11-15-23(27)18-21;1-2/h9-11,13-16,18,20H,3-8,12,17,19H2,1-2H3;1-2H3. The summed E-state index contributed by atoms with van der Waals surface area (Å²) in [6, 6.07) is 15.8. The van der Waals surface area contributed by atoms with Crippen molar-refractivity contribution in [3.8, 4) is 0 Å². The topological polar surface area (TPSA) is 0 Å². The summed E-state index contributed by atoms with van der Waals surface area (Å²) in [4.78, 5) is 0. The molecule has 0 aliphatic heterocycles. The van der Waals surface area contributed by atoms with Gasteiger partial charge in [-0.1, -0.05) is 103 Å². The lowest BCUT2D eigenvalue weighted by atomic mass is 9.95. The second-order valence-electron chi connectivity index (χ2n) is 8.12. The number of allylic oxidation sites excluding steroid dienone is 2. The van der Waals surface area contributed by atoms with Gasteiger partial charge in [-0.15, -0.1) is 0 Å². The van der Waals surface area contributed by atoms with Gasteiger partial charge in [0.05, 0.1) is 0 Å². The molecule has 1 aliphatic carbocycles. The van der Waals surface area contributed by atoms with Crippen molar-refractivity contribution in [2.45, 2.75) is 85.5 Å². The third-order valence-electron chi connectivity index (χ3n) is 6.07. The molecular formula is C28H39F. The second-order valence-corrected chi connectivity index (χ2v) is 8.12. The number of hydrogen-bond donors (Lipinski definition) is 0. The lowest BCUT2D eigenvalue weighted by Crippen LogP contribution is -1.92. The van der Waals surface area contributed by atoms with E-state index in [2.05, 4.69) is 44.2 Å². The van der Waals surface area contributed by atoms with Gasteiger partial charge in [-0.3, -0.25) is 0 Å². The average Bonchev–Trinajstić information content (AvgIpc) is 3.13. The largest absolute Gasteiger partial charge is 0.207 e. The molecule has 0 aromatic heterocycles. The molecule has 0 radical (unpaired) electrons. The molecule has 0 amide bonds. The van der Waals surface area contributed by atoms with E-state index in [0.717, 1.165) is 24.3 Å².